The highest BCUT2D eigenvalue weighted by atomic mass is 14.8. The molecule has 0 rings (SSSR count). The van der Waals surface area contributed by atoms with E-state index in [1.807, 2.05) is 7.05 Å². The van der Waals surface area contributed by atoms with Gasteiger partial charge in [0.25, 0.3) is 0 Å². The topological polar surface area (TPSA) is 12.0 Å². The number of unbranched alkanes of at least 4 members (excludes halogenated alkanes) is 1. The van der Waals surface area contributed by atoms with Gasteiger partial charge in [0.1, 0.15) is 0 Å². The fraction of sp³-hybridized carbons (Fsp3) is 0.800. The molecule has 0 amide bonds. The number of likely N-dealkylation sites (N-methyl/N-ethyl adjacent to an activating group) is 1. The number of nitrogens with one attached hydrogen (secondary N) is 1. The van der Waals surface area contributed by atoms with Gasteiger partial charge in [-0.15, -0.1) is 0 Å². The molecule has 0 aromatic carbocycles. The van der Waals surface area contributed by atoms with E-state index >= 15 is 0 Å². The van der Waals surface area contributed by atoms with Crippen molar-refractivity contribution in [3.8, 4) is 0 Å². The average Bonchev–Trinajstić information content (AvgIpc) is 2.01. The summed E-state index contributed by atoms with van der Waals surface area (Å²) in [5.74, 6) is 0. The third kappa shape index (κ3) is 6.11. The van der Waals surface area contributed by atoms with Gasteiger partial charge in [-0.25, -0.2) is 0 Å². The van der Waals surface area contributed by atoms with E-state index in [4.69, 9.17) is 0 Å². The van der Waals surface area contributed by atoms with E-state index in [-0.39, 0.29) is 0 Å². The van der Waals surface area contributed by atoms with Crippen LogP contribution < -0.4 is 5.32 Å². The van der Waals surface area contributed by atoms with Crippen molar-refractivity contribution in [1.82, 2.24) is 5.32 Å². The lowest BCUT2D eigenvalue weighted by molar-refractivity contribution is 0.787. The molecule has 0 unspecified atom stereocenters. The fourth-order valence-electron chi connectivity index (χ4n) is 1.16. The van der Waals surface area contributed by atoms with Gasteiger partial charge in [-0.3, -0.25) is 0 Å². The standard InChI is InChI=1S/C10H21N/c1-4-6-8-10(7-5-2)9-11-3/h8,11H,4-7,9H2,1-3H3/b10-8+. The minimum atomic E-state index is 1.06. The molecule has 0 spiro atoms. The van der Waals surface area contributed by atoms with E-state index in [1.165, 1.54) is 25.7 Å². The molecule has 0 aliphatic carbocycles. The Bertz CT molecular complexity index is 97.4. The lowest BCUT2D eigenvalue weighted by Gasteiger charge is -2.04. The van der Waals surface area contributed by atoms with Crippen LogP contribution in [0.3, 0.4) is 0 Å². The summed E-state index contributed by atoms with van der Waals surface area (Å²) in [6.45, 7) is 5.52. The summed E-state index contributed by atoms with van der Waals surface area (Å²) in [5, 5.41) is 3.19. The maximum Gasteiger partial charge on any atom is 0.0161 e. The van der Waals surface area contributed by atoms with Crippen molar-refractivity contribution >= 4 is 0 Å². The molecule has 0 atom stereocenters. The SMILES string of the molecule is CCC/C=C(\CCC)CNC. The molecule has 0 aromatic heterocycles. The molecule has 0 bridgehead atoms. The molecule has 0 fully saturated rings. The molecule has 0 saturated heterocycles. The van der Waals surface area contributed by atoms with Crippen molar-refractivity contribution in [2.24, 2.45) is 0 Å². The second-order valence-corrected chi connectivity index (χ2v) is 2.93. The number of allylic oxidation sites excluding steroid dienone is 1. The van der Waals surface area contributed by atoms with Gasteiger partial charge >= 0.3 is 0 Å². The molecule has 66 valence electrons. The average molecular weight is 155 g/mol. The van der Waals surface area contributed by atoms with E-state index in [9.17, 15) is 0 Å². The largest absolute Gasteiger partial charge is 0.316 e. The summed E-state index contributed by atoms with van der Waals surface area (Å²) in [6, 6.07) is 0. The summed E-state index contributed by atoms with van der Waals surface area (Å²) in [4.78, 5) is 0. The molecular weight excluding hydrogens is 134 g/mol. The van der Waals surface area contributed by atoms with Gasteiger partial charge in [-0.1, -0.05) is 38.3 Å². The second-order valence-electron chi connectivity index (χ2n) is 2.93. The van der Waals surface area contributed by atoms with Crippen LogP contribution in [-0.4, -0.2) is 13.6 Å². The Balaban J connectivity index is 3.66. The van der Waals surface area contributed by atoms with Gasteiger partial charge in [0, 0.05) is 6.54 Å². The highest BCUT2D eigenvalue weighted by Crippen LogP contribution is 2.05. The fourth-order valence-corrected chi connectivity index (χ4v) is 1.16. The van der Waals surface area contributed by atoms with Crippen LogP contribution in [-0.2, 0) is 0 Å². The molecular formula is C10H21N. The summed E-state index contributed by atoms with van der Waals surface area (Å²) in [7, 11) is 2.01. The molecule has 0 radical (unpaired) electrons. The maximum atomic E-state index is 3.19. The molecule has 11 heavy (non-hydrogen) atoms. The van der Waals surface area contributed by atoms with Crippen LogP contribution in [0.15, 0.2) is 11.6 Å². The van der Waals surface area contributed by atoms with Crippen LogP contribution in [0.1, 0.15) is 39.5 Å². The van der Waals surface area contributed by atoms with Gasteiger partial charge in [0.05, 0.1) is 0 Å². The normalized spacial score (nSPS) is 12.1. The van der Waals surface area contributed by atoms with Crippen LogP contribution in [0.5, 0.6) is 0 Å². The van der Waals surface area contributed by atoms with Crippen molar-refractivity contribution in [3.05, 3.63) is 11.6 Å². The highest BCUT2D eigenvalue weighted by Gasteiger charge is 1.92. The first-order chi connectivity index (χ1) is 5.35. The predicted molar refractivity (Wildman–Crippen MR) is 51.8 cm³/mol. The van der Waals surface area contributed by atoms with E-state index in [2.05, 4.69) is 25.2 Å². The molecule has 0 aliphatic rings. The first kappa shape index (κ1) is 10.7. The van der Waals surface area contributed by atoms with Gasteiger partial charge in [0.15, 0.2) is 0 Å². The summed E-state index contributed by atoms with van der Waals surface area (Å²) in [5.41, 5.74) is 1.57. The van der Waals surface area contributed by atoms with E-state index in [1.54, 1.807) is 5.57 Å². The van der Waals surface area contributed by atoms with Crippen LogP contribution in [0, 0.1) is 0 Å². The third-order valence-electron chi connectivity index (χ3n) is 1.70. The first-order valence-electron chi connectivity index (χ1n) is 4.67. The Hall–Kier alpha value is -0.300. The summed E-state index contributed by atoms with van der Waals surface area (Å²) < 4.78 is 0. The van der Waals surface area contributed by atoms with Crippen LogP contribution in [0.4, 0.5) is 0 Å². The maximum absolute atomic E-state index is 3.19. The van der Waals surface area contributed by atoms with Gasteiger partial charge in [-0.05, 0) is 19.9 Å². The Kier molecular flexibility index (Phi) is 7.59. The number of hydrogen-bond donors (Lipinski definition) is 1. The monoisotopic (exact) mass is 155 g/mol. The van der Waals surface area contributed by atoms with Gasteiger partial charge in [0.2, 0.25) is 0 Å². The Morgan fingerprint density at radius 3 is 2.45 bits per heavy atom. The number of hydrogen-bond acceptors (Lipinski definition) is 1. The minimum absolute atomic E-state index is 1.06. The molecule has 0 saturated carbocycles. The predicted octanol–water partition coefficient (Wildman–Crippen LogP) is 2.73. The van der Waals surface area contributed by atoms with Crippen molar-refractivity contribution in [3.63, 3.8) is 0 Å². The zero-order valence-corrected chi connectivity index (χ0v) is 8.11. The second kappa shape index (κ2) is 7.80. The lowest BCUT2D eigenvalue weighted by Crippen LogP contribution is -2.10. The highest BCUT2D eigenvalue weighted by molar-refractivity contribution is 5.03. The quantitative estimate of drug-likeness (QED) is 0.582. The molecule has 0 heterocycles. The van der Waals surface area contributed by atoms with Crippen molar-refractivity contribution in [2.45, 2.75) is 39.5 Å². The van der Waals surface area contributed by atoms with Crippen molar-refractivity contribution in [1.29, 1.82) is 0 Å². The van der Waals surface area contributed by atoms with Crippen LogP contribution in [0.2, 0.25) is 0 Å². The van der Waals surface area contributed by atoms with Crippen LogP contribution >= 0.6 is 0 Å². The van der Waals surface area contributed by atoms with Crippen molar-refractivity contribution < 1.29 is 0 Å². The Morgan fingerprint density at radius 1 is 1.27 bits per heavy atom. The Morgan fingerprint density at radius 2 is 2.00 bits per heavy atom. The molecule has 0 aromatic rings. The molecule has 0 aliphatic heterocycles. The van der Waals surface area contributed by atoms with Crippen LogP contribution in [0.25, 0.3) is 0 Å². The smallest absolute Gasteiger partial charge is 0.0161 e. The zero-order chi connectivity index (χ0) is 8.53. The molecule has 1 heteroatoms. The van der Waals surface area contributed by atoms with Gasteiger partial charge < -0.3 is 5.32 Å². The summed E-state index contributed by atoms with van der Waals surface area (Å²) in [6.07, 6.45) is 7.38. The minimum Gasteiger partial charge on any atom is -0.316 e. The van der Waals surface area contributed by atoms with E-state index in [0.717, 1.165) is 6.54 Å². The molecule has 1 nitrogen and oxygen atoms in total. The zero-order valence-electron chi connectivity index (χ0n) is 8.11. The summed E-state index contributed by atoms with van der Waals surface area (Å²) >= 11 is 0. The number of rotatable bonds is 6. The lowest BCUT2D eigenvalue weighted by atomic mass is 10.1. The van der Waals surface area contributed by atoms with E-state index in [0.29, 0.717) is 0 Å². The molecule has 1 N–H and O–H groups in total. The van der Waals surface area contributed by atoms with Gasteiger partial charge in [-0.2, -0.15) is 0 Å². The van der Waals surface area contributed by atoms with Crippen molar-refractivity contribution in [2.75, 3.05) is 13.6 Å². The Labute approximate surface area is 70.9 Å². The first-order valence-corrected chi connectivity index (χ1v) is 4.67. The third-order valence-corrected chi connectivity index (χ3v) is 1.70. The van der Waals surface area contributed by atoms with E-state index < -0.39 is 0 Å².